The second kappa shape index (κ2) is 6.23. The largest absolute Gasteiger partial charge is 0.279 e. The van der Waals surface area contributed by atoms with Gasteiger partial charge in [0.2, 0.25) is 11.8 Å². The van der Waals surface area contributed by atoms with Gasteiger partial charge in [0.25, 0.3) is 0 Å². The number of hydrogen-bond donors (Lipinski definition) is 0. The van der Waals surface area contributed by atoms with Crippen molar-refractivity contribution >= 4 is 11.8 Å². The molecule has 1 aromatic rings. The molecule has 0 aromatic heterocycles. The second-order valence-electron chi connectivity index (χ2n) is 7.11. The molecule has 2 aliphatic rings. The van der Waals surface area contributed by atoms with Crippen LogP contribution in [0.1, 0.15) is 57.4 Å². The van der Waals surface area contributed by atoms with Crippen molar-refractivity contribution in [1.29, 1.82) is 0 Å². The fraction of sp³-hybridized carbons (Fsp3) is 0.579. The molecule has 0 unspecified atom stereocenters. The van der Waals surface area contributed by atoms with Gasteiger partial charge in [-0.1, -0.05) is 49.6 Å². The molecule has 1 heterocycles. The molecule has 1 saturated carbocycles. The predicted octanol–water partition coefficient (Wildman–Crippen LogP) is 3.72. The zero-order valence-electron chi connectivity index (χ0n) is 13.4. The summed E-state index contributed by atoms with van der Waals surface area (Å²) < 4.78 is 0. The molecule has 1 atom stereocenters. The summed E-state index contributed by atoms with van der Waals surface area (Å²) in [6.07, 6.45) is 7.55. The van der Waals surface area contributed by atoms with Crippen molar-refractivity contribution in [1.82, 2.24) is 4.90 Å². The fourth-order valence-corrected chi connectivity index (χ4v) is 4.21. The van der Waals surface area contributed by atoms with E-state index >= 15 is 0 Å². The SMILES string of the molecule is C[C@H](Cc1ccccc1)N1C(=O)CC2(CCCCC2)CC1=O. The Bertz CT molecular complexity index is 526. The van der Waals surface area contributed by atoms with Crippen LogP contribution in [0.25, 0.3) is 0 Å². The maximum Gasteiger partial charge on any atom is 0.229 e. The lowest BCUT2D eigenvalue weighted by atomic mass is 9.67. The Hall–Kier alpha value is -1.64. The molecule has 0 bridgehead atoms. The van der Waals surface area contributed by atoms with E-state index in [4.69, 9.17) is 0 Å². The van der Waals surface area contributed by atoms with E-state index in [0.717, 1.165) is 19.3 Å². The molecule has 1 aromatic carbocycles. The zero-order valence-corrected chi connectivity index (χ0v) is 13.4. The van der Waals surface area contributed by atoms with Gasteiger partial charge in [0, 0.05) is 18.9 Å². The lowest BCUT2D eigenvalue weighted by molar-refractivity contribution is -0.157. The Labute approximate surface area is 132 Å². The number of nitrogens with zero attached hydrogens (tertiary/aromatic N) is 1. The summed E-state index contributed by atoms with van der Waals surface area (Å²) in [7, 11) is 0. The Morgan fingerprint density at radius 2 is 1.59 bits per heavy atom. The summed E-state index contributed by atoms with van der Waals surface area (Å²) in [5.41, 5.74) is 1.16. The van der Waals surface area contributed by atoms with Crippen molar-refractivity contribution < 1.29 is 9.59 Å². The van der Waals surface area contributed by atoms with Crippen LogP contribution in [0.4, 0.5) is 0 Å². The van der Waals surface area contributed by atoms with Gasteiger partial charge in [0.1, 0.15) is 0 Å². The van der Waals surface area contributed by atoms with E-state index in [2.05, 4.69) is 12.1 Å². The predicted molar refractivity (Wildman–Crippen MR) is 86.2 cm³/mol. The van der Waals surface area contributed by atoms with Crippen LogP contribution >= 0.6 is 0 Å². The zero-order chi connectivity index (χ0) is 15.6. The van der Waals surface area contributed by atoms with Crippen LogP contribution in [0.15, 0.2) is 30.3 Å². The standard InChI is InChI=1S/C19H25NO2/c1-15(12-16-8-4-2-5-9-16)20-17(21)13-19(14-18(20)22)10-6-3-7-11-19/h2,4-5,8-9,15H,3,6-7,10-14H2,1H3/t15-/m1/s1. The Kier molecular flexibility index (Phi) is 4.32. The molecule has 0 radical (unpaired) electrons. The molecule has 3 nitrogen and oxygen atoms in total. The normalized spacial score (nSPS) is 22.9. The highest BCUT2D eigenvalue weighted by atomic mass is 16.2. The van der Waals surface area contributed by atoms with Gasteiger partial charge in [-0.2, -0.15) is 0 Å². The summed E-state index contributed by atoms with van der Waals surface area (Å²) >= 11 is 0. The first-order chi connectivity index (χ1) is 10.6. The number of imide groups is 1. The van der Waals surface area contributed by atoms with Crippen LogP contribution in [0.5, 0.6) is 0 Å². The lowest BCUT2D eigenvalue weighted by Gasteiger charge is -2.44. The Balaban J connectivity index is 1.70. The summed E-state index contributed by atoms with van der Waals surface area (Å²) in [5.74, 6) is 0.0863. The van der Waals surface area contributed by atoms with E-state index in [0.29, 0.717) is 12.8 Å². The van der Waals surface area contributed by atoms with Crippen LogP contribution in [0.2, 0.25) is 0 Å². The minimum absolute atomic E-state index is 0.0185. The molecule has 2 amide bonds. The highest BCUT2D eigenvalue weighted by molar-refractivity contribution is 5.99. The van der Waals surface area contributed by atoms with Crippen LogP contribution in [0.3, 0.4) is 0 Å². The maximum absolute atomic E-state index is 12.6. The second-order valence-corrected chi connectivity index (χ2v) is 7.11. The Morgan fingerprint density at radius 3 is 2.18 bits per heavy atom. The van der Waals surface area contributed by atoms with Crippen molar-refractivity contribution in [3.05, 3.63) is 35.9 Å². The van der Waals surface area contributed by atoms with E-state index in [1.807, 2.05) is 25.1 Å². The maximum atomic E-state index is 12.6. The van der Waals surface area contributed by atoms with Gasteiger partial charge in [0.15, 0.2) is 0 Å². The molecule has 118 valence electrons. The number of amides is 2. The summed E-state index contributed by atoms with van der Waals surface area (Å²) in [6.45, 7) is 1.99. The highest BCUT2D eigenvalue weighted by Crippen LogP contribution is 2.45. The van der Waals surface area contributed by atoms with Crippen molar-refractivity contribution in [2.45, 2.75) is 64.3 Å². The van der Waals surface area contributed by atoms with Gasteiger partial charge in [-0.3, -0.25) is 14.5 Å². The molecule has 1 aliphatic heterocycles. The van der Waals surface area contributed by atoms with Gasteiger partial charge in [-0.25, -0.2) is 0 Å². The average molecular weight is 299 g/mol. The molecule has 22 heavy (non-hydrogen) atoms. The van der Waals surface area contributed by atoms with Gasteiger partial charge in [-0.05, 0) is 37.2 Å². The van der Waals surface area contributed by atoms with Crippen LogP contribution in [-0.2, 0) is 16.0 Å². The first-order valence-corrected chi connectivity index (χ1v) is 8.48. The first-order valence-electron chi connectivity index (χ1n) is 8.48. The first kappa shape index (κ1) is 15.3. The van der Waals surface area contributed by atoms with Crippen molar-refractivity contribution in [3.8, 4) is 0 Å². The number of carbonyl (C=O) groups is 2. The van der Waals surface area contributed by atoms with Crippen molar-refractivity contribution in [3.63, 3.8) is 0 Å². The van der Waals surface area contributed by atoms with Gasteiger partial charge in [0.05, 0.1) is 0 Å². The quantitative estimate of drug-likeness (QED) is 0.798. The van der Waals surface area contributed by atoms with E-state index in [-0.39, 0.29) is 23.3 Å². The summed E-state index contributed by atoms with van der Waals surface area (Å²) in [4.78, 5) is 26.8. The lowest BCUT2D eigenvalue weighted by Crippen LogP contribution is -2.52. The molecular weight excluding hydrogens is 274 g/mol. The summed E-state index contributed by atoms with van der Waals surface area (Å²) in [5, 5.41) is 0. The van der Waals surface area contributed by atoms with Crippen molar-refractivity contribution in [2.24, 2.45) is 5.41 Å². The van der Waals surface area contributed by atoms with E-state index in [9.17, 15) is 9.59 Å². The Morgan fingerprint density at radius 1 is 1.00 bits per heavy atom. The van der Waals surface area contributed by atoms with Gasteiger partial charge >= 0.3 is 0 Å². The van der Waals surface area contributed by atoms with Crippen molar-refractivity contribution in [2.75, 3.05) is 0 Å². The molecule has 1 spiro atoms. The monoisotopic (exact) mass is 299 g/mol. The number of rotatable bonds is 3. The topological polar surface area (TPSA) is 37.4 Å². The molecule has 1 aliphatic carbocycles. The number of likely N-dealkylation sites (tertiary alicyclic amines) is 1. The van der Waals surface area contributed by atoms with Gasteiger partial charge < -0.3 is 0 Å². The average Bonchev–Trinajstić information content (AvgIpc) is 2.48. The third-order valence-electron chi connectivity index (χ3n) is 5.32. The molecule has 3 heteroatoms. The van der Waals surface area contributed by atoms with E-state index in [1.54, 1.807) is 0 Å². The number of benzene rings is 1. The molecule has 3 rings (SSSR count). The number of piperidine rings is 1. The van der Waals surface area contributed by atoms with E-state index in [1.165, 1.54) is 29.7 Å². The van der Waals surface area contributed by atoms with Gasteiger partial charge in [-0.15, -0.1) is 0 Å². The van der Waals surface area contributed by atoms with Crippen LogP contribution < -0.4 is 0 Å². The number of hydrogen-bond acceptors (Lipinski definition) is 2. The third-order valence-corrected chi connectivity index (χ3v) is 5.32. The fourth-order valence-electron chi connectivity index (χ4n) is 4.21. The van der Waals surface area contributed by atoms with E-state index < -0.39 is 0 Å². The molecular formula is C19H25NO2. The highest BCUT2D eigenvalue weighted by Gasteiger charge is 2.45. The minimum atomic E-state index is -0.0525. The molecule has 2 fully saturated rings. The minimum Gasteiger partial charge on any atom is -0.279 e. The smallest absolute Gasteiger partial charge is 0.229 e. The molecule has 0 N–H and O–H groups in total. The number of carbonyl (C=O) groups excluding carboxylic acids is 2. The molecule has 1 saturated heterocycles. The van der Waals surface area contributed by atoms with Crippen LogP contribution in [0, 0.1) is 5.41 Å². The van der Waals surface area contributed by atoms with Crippen LogP contribution in [-0.4, -0.2) is 22.8 Å². The summed E-state index contributed by atoms with van der Waals surface area (Å²) in [6, 6.07) is 10.0. The third kappa shape index (κ3) is 3.08.